The fourth-order valence-electron chi connectivity index (χ4n) is 1.82. The fraction of sp³-hybridized carbons (Fsp3) is 0.583. The summed E-state index contributed by atoms with van der Waals surface area (Å²) in [5.41, 5.74) is 0. The van der Waals surface area contributed by atoms with Crippen LogP contribution < -0.4 is 0 Å². The van der Waals surface area contributed by atoms with Crippen molar-refractivity contribution < 1.29 is 0 Å². The molecule has 0 unspecified atom stereocenters. The zero-order valence-electron chi connectivity index (χ0n) is 9.82. The lowest BCUT2D eigenvalue weighted by atomic mass is 10.2. The topological polar surface area (TPSA) is 18.8 Å². The Labute approximate surface area is 92.8 Å². The Kier molecular flexibility index (Phi) is 4.56. The minimum atomic E-state index is 0.635. The normalized spacial score (nSPS) is 19.4. The Bertz CT molecular complexity index is 248. The van der Waals surface area contributed by atoms with Gasteiger partial charge in [-0.05, 0) is 19.9 Å². The van der Waals surface area contributed by atoms with Crippen LogP contribution in [0.2, 0.25) is 0 Å². The van der Waals surface area contributed by atoms with Crippen molar-refractivity contribution >= 4 is 5.84 Å². The van der Waals surface area contributed by atoms with Gasteiger partial charge in [-0.2, -0.15) is 0 Å². The van der Waals surface area contributed by atoms with Crippen LogP contribution in [0.5, 0.6) is 0 Å². The molecule has 3 nitrogen and oxygen atoms in total. The van der Waals surface area contributed by atoms with Crippen molar-refractivity contribution in [2.75, 3.05) is 26.2 Å². The molecule has 0 N–H and O–H groups in total. The van der Waals surface area contributed by atoms with Crippen LogP contribution in [-0.2, 0) is 0 Å². The second-order valence-corrected chi connectivity index (χ2v) is 3.99. The molecule has 0 aliphatic carbocycles. The van der Waals surface area contributed by atoms with Crippen LogP contribution in [0.4, 0.5) is 0 Å². The van der Waals surface area contributed by atoms with E-state index in [0.717, 1.165) is 32.0 Å². The van der Waals surface area contributed by atoms with E-state index >= 15 is 0 Å². The van der Waals surface area contributed by atoms with Crippen molar-refractivity contribution in [2.45, 2.75) is 19.9 Å². The molecule has 0 saturated carbocycles. The van der Waals surface area contributed by atoms with Gasteiger partial charge in [-0.15, -0.1) is 0 Å². The maximum atomic E-state index is 4.21. The minimum Gasteiger partial charge on any atom is -0.354 e. The molecule has 1 fully saturated rings. The molecule has 0 spiro atoms. The highest BCUT2D eigenvalue weighted by Crippen LogP contribution is 2.07. The number of piperazine rings is 1. The molecule has 1 heterocycles. The summed E-state index contributed by atoms with van der Waals surface area (Å²) in [7, 11) is 0. The van der Waals surface area contributed by atoms with Crippen LogP contribution in [0, 0.1) is 0 Å². The van der Waals surface area contributed by atoms with Gasteiger partial charge in [0.1, 0.15) is 5.84 Å². The molecule has 1 aliphatic heterocycles. The van der Waals surface area contributed by atoms with E-state index in [1.165, 1.54) is 0 Å². The van der Waals surface area contributed by atoms with E-state index in [4.69, 9.17) is 0 Å². The van der Waals surface area contributed by atoms with Crippen molar-refractivity contribution in [3.63, 3.8) is 0 Å². The summed E-state index contributed by atoms with van der Waals surface area (Å²) in [6, 6.07) is 0.635. The number of amidine groups is 1. The summed E-state index contributed by atoms with van der Waals surface area (Å²) >= 11 is 0. The number of hydrogen-bond donors (Lipinski definition) is 0. The first kappa shape index (κ1) is 12.0. The van der Waals surface area contributed by atoms with Crippen molar-refractivity contribution in [3.8, 4) is 0 Å². The number of nitrogens with zero attached hydrogens (tertiary/aromatic N) is 3. The maximum absolute atomic E-state index is 4.21. The first-order valence-corrected chi connectivity index (χ1v) is 5.49. The highest BCUT2D eigenvalue weighted by Gasteiger charge is 2.19. The van der Waals surface area contributed by atoms with E-state index in [9.17, 15) is 0 Å². The van der Waals surface area contributed by atoms with Gasteiger partial charge in [0.15, 0.2) is 0 Å². The molecular weight excluding hydrogens is 186 g/mol. The van der Waals surface area contributed by atoms with E-state index in [1.807, 2.05) is 0 Å². The monoisotopic (exact) mass is 207 g/mol. The average molecular weight is 207 g/mol. The molecule has 1 saturated heterocycles. The van der Waals surface area contributed by atoms with E-state index in [2.05, 4.69) is 41.8 Å². The second kappa shape index (κ2) is 5.71. The first-order valence-electron chi connectivity index (χ1n) is 5.49. The predicted octanol–water partition coefficient (Wildman–Crippen LogP) is 1.74. The fourth-order valence-corrected chi connectivity index (χ4v) is 1.82. The highest BCUT2D eigenvalue weighted by atomic mass is 15.3. The third-order valence-corrected chi connectivity index (χ3v) is 2.77. The molecular formula is C12H21N3. The van der Waals surface area contributed by atoms with Crippen LogP contribution in [0.3, 0.4) is 0 Å². The van der Waals surface area contributed by atoms with Gasteiger partial charge in [-0.25, -0.2) is 4.99 Å². The SMILES string of the molecule is C=CN=C(C=C)N1CCN(C(C)C)CC1. The maximum Gasteiger partial charge on any atom is 0.127 e. The Morgan fingerprint density at radius 3 is 2.20 bits per heavy atom. The van der Waals surface area contributed by atoms with Crippen molar-refractivity contribution in [2.24, 2.45) is 4.99 Å². The molecule has 1 aliphatic rings. The van der Waals surface area contributed by atoms with Gasteiger partial charge in [0, 0.05) is 38.4 Å². The summed E-state index contributed by atoms with van der Waals surface area (Å²) in [5, 5.41) is 0. The summed E-state index contributed by atoms with van der Waals surface area (Å²) in [4.78, 5) is 8.94. The van der Waals surface area contributed by atoms with Gasteiger partial charge in [-0.3, -0.25) is 4.90 Å². The van der Waals surface area contributed by atoms with Gasteiger partial charge in [0.05, 0.1) is 0 Å². The smallest absolute Gasteiger partial charge is 0.127 e. The summed E-state index contributed by atoms with van der Waals surface area (Å²) in [6.45, 7) is 16.1. The third kappa shape index (κ3) is 3.20. The second-order valence-electron chi connectivity index (χ2n) is 3.99. The molecule has 15 heavy (non-hydrogen) atoms. The van der Waals surface area contributed by atoms with Crippen molar-refractivity contribution in [1.82, 2.24) is 9.80 Å². The Balaban J connectivity index is 2.52. The van der Waals surface area contributed by atoms with E-state index in [0.29, 0.717) is 6.04 Å². The van der Waals surface area contributed by atoms with E-state index in [-0.39, 0.29) is 0 Å². The molecule has 3 heteroatoms. The zero-order valence-corrected chi connectivity index (χ0v) is 9.82. The largest absolute Gasteiger partial charge is 0.354 e. The third-order valence-electron chi connectivity index (χ3n) is 2.77. The molecule has 0 aromatic heterocycles. The number of hydrogen-bond acceptors (Lipinski definition) is 2. The Morgan fingerprint density at radius 1 is 1.20 bits per heavy atom. The molecule has 0 radical (unpaired) electrons. The Morgan fingerprint density at radius 2 is 1.80 bits per heavy atom. The first-order chi connectivity index (χ1) is 7.19. The predicted molar refractivity (Wildman–Crippen MR) is 66.1 cm³/mol. The lowest BCUT2D eigenvalue weighted by Crippen LogP contribution is -2.50. The van der Waals surface area contributed by atoms with Crippen LogP contribution >= 0.6 is 0 Å². The molecule has 84 valence electrons. The number of aliphatic imine (C=N–C) groups is 1. The average Bonchev–Trinajstić information content (AvgIpc) is 2.26. The summed E-state index contributed by atoms with van der Waals surface area (Å²) in [6.07, 6.45) is 3.37. The molecule has 0 amide bonds. The van der Waals surface area contributed by atoms with E-state index in [1.54, 1.807) is 12.3 Å². The summed E-state index contributed by atoms with van der Waals surface area (Å²) < 4.78 is 0. The molecule has 0 aromatic rings. The van der Waals surface area contributed by atoms with Crippen LogP contribution in [0.1, 0.15) is 13.8 Å². The standard InChI is InChI=1S/C12H21N3/c1-5-12(13-6-2)15-9-7-14(8-10-15)11(3)4/h5-6,11H,1-2,7-10H2,3-4H3. The molecule has 0 aromatic carbocycles. The molecule has 0 bridgehead atoms. The van der Waals surface area contributed by atoms with Crippen molar-refractivity contribution in [3.05, 3.63) is 25.4 Å². The molecule has 1 rings (SSSR count). The lowest BCUT2D eigenvalue weighted by Gasteiger charge is -2.37. The zero-order chi connectivity index (χ0) is 11.3. The number of rotatable bonds is 3. The van der Waals surface area contributed by atoms with Gasteiger partial charge < -0.3 is 4.90 Å². The summed E-state index contributed by atoms with van der Waals surface area (Å²) in [5.74, 6) is 0.938. The van der Waals surface area contributed by atoms with Crippen molar-refractivity contribution in [1.29, 1.82) is 0 Å². The quantitative estimate of drug-likeness (QED) is 0.518. The van der Waals surface area contributed by atoms with Crippen LogP contribution in [-0.4, -0.2) is 47.9 Å². The highest BCUT2D eigenvalue weighted by molar-refractivity contribution is 5.92. The van der Waals surface area contributed by atoms with Gasteiger partial charge in [0.25, 0.3) is 0 Å². The van der Waals surface area contributed by atoms with Gasteiger partial charge in [-0.1, -0.05) is 13.2 Å². The minimum absolute atomic E-state index is 0.635. The Hall–Kier alpha value is -1.09. The lowest BCUT2D eigenvalue weighted by molar-refractivity contribution is 0.149. The van der Waals surface area contributed by atoms with E-state index < -0.39 is 0 Å². The molecule has 0 atom stereocenters. The van der Waals surface area contributed by atoms with Gasteiger partial charge in [0.2, 0.25) is 0 Å². The van der Waals surface area contributed by atoms with Gasteiger partial charge >= 0.3 is 0 Å². The van der Waals surface area contributed by atoms with Crippen LogP contribution in [0.15, 0.2) is 30.4 Å². The van der Waals surface area contributed by atoms with Crippen LogP contribution in [0.25, 0.3) is 0 Å².